The van der Waals surface area contributed by atoms with Gasteiger partial charge in [0.2, 0.25) is 0 Å². The van der Waals surface area contributed by atoms with Gasteiger partial charge in [-0.25, -0.2) is 0 Å². The van der Waals surface area contributed by atoms with Gasteiger partial charge in [-0.1, -0.05) is 6.92 Å². The van der Waals surface area contributed by atoms with Crippen molar-refractivity contribution in [2.45, 2.75) is 45.4 Å². The van der Waals surface area contributed by atoms with Gasteiger partial charge < -0.3 is 5.11 Å². The SMILES string of the molecule is C[C@]12CCC(=O)[C@H](CCC(=O)O)[C@@H]1CCC2=O. The predicted molar refractivity (Wildman–Crippen MR) is 60.4 cm³/mol. The first kappa shape index (κ1) is 12.3. The Kier molecular flexibility index (Phi) is 3.06. The highest BCUT2D eigenvalue weighted by Crippen LogP contribution is 2.52. The van der Waals surface area contributed by atoms with Crippen LogP contribution in [0.25, 0.3) is 0 Å². The van der Waals surface area contributed by atoms with E-state index in [0.29, 0.717) is 25.7 Å². The molecule has 0 bridgehead atoms. The first-order valence-corrected chi connectivity index (χ1v) is 6.23. The van der Waals surface area contributed by atoms with Gasteiger partial charge in [0.25, 0.3) is 0 Å². The van der Waals surface area contributed by atoms with E-state index < -0.39 is 5.97 Å². The fourth-order valence-corrected chi connectivity index (χ4v) is 3.50. The third-order valence-electron chi connectivity index (χ3n) is 4.60. The molecule has 3 atom stereocenters. The zero-order valence-corrected chi connectivity index (χ0v) is 10.1. The molecule has 4 nitrogen and oxygen atoms in total. The van der Waals surface area contributed by atoms with Gasteiger partial charge in [-0.15, -0.1) is 0 Å². The fourth-order valence-electron chi connectivity index (χ4n) is 3.50. The second-order valence-electron chi connectivity index (χ2n) is 5.49. The highest BCUT2D eigenvalue weighted by molar-refractivity contribution is 5.92. The summed E-state index contributed by atoms with van der Waals surface area (Å²) in [6.07, 6.45) is 2.81. The Hall–Kier alpha value is -1.19. The number of hydrogen-bond acceptors (Lipinski definition) is 3. The van der Waals surface area contributed by atoms with Crippen LogP contribution in [0.1, 0.15) is 45.4 Å². The Labute approximate surface area is 100 Å². The summed E-state index contributed by atoms with van der Waals surface area (Å²) < 4.78 is 0. The van der Waals surface area contributed by atoms with Crippen molar-refractivity contribution in [3.05, 3.63) is 0 Å². The van der Waals surface area contributed by atoms with Gasteiger partial charge in [0.05, 0.1) is 0 Å². The summed E-state index contributed by atoms with van der Waals surface area (Å²) >= 11 is 0. The molecule has 0 aromatic rings. The first-order valence-electron chi connectivity index (χ1n) is 6.23. The lowest BCUT2D eigenvalue weighted by atomic mass is 9.62. The van der Waals surface area contributed by atoms with E-state index >= 15 is 0 Å². The average Bonchev–Trinajstić information content (AvgIpc) is 2.55. The van der Waals surface area contributed by atoms with Crippen LogP contribution in [0.3, 0.4) is 0 Å². The largest absolute Gasteiger partial charge is 0.481 e. The summed E-state index contributed by atoms with van der Waals surface area (Å²) in [5.41, 5.74) is -0.364. The van der Waals surface area contributed by atoms with E-state index in [9.17, 15) is 14.4 Å². The van der Waals surface area contributed by atoms with Crippen molar-refractivity contribution in [2.24, 2.45) is 17.3 Å². The number of carbonyl (C=O) groups excluding carboxylic acids is 2. The number of rotatable bonds is 3. The Balaban J connectivity index is 2.15. The van der Waals surface area contributed by atoms with Crippen LogP contribution in [-0.2, 0) is 14.4 Å². The van der Waals surface area contributed by atoms with E-state index in [0.717, 1.165) is 6.42 Å². The molecular formula is C13H18O4. The molecule has 0 amide bonds. The molecule has 0 aromatic heterocycles. The maximum atomic E-state index is 11.9. The number of aliphatic carboxylic acids is 1. The van der Waals surface area contributed by atoms with E-state index in [1.807, 2.05) is 6.92 Å². The molecule has 0 radical (unpaired) electrons. The van der Waals surface area contributed by atoms with Crippen LogP contribution >= 0.6 is 0 Å². The number of carbonyl (C=O) groups is 3. The van der Waals surface area contributed by atoms with E-state index in [4.69, 9.17) is 5.11 Å². The highest BCUT2D eigenvalue weighted by atomic mass is 16.4. The maximum absolute atomic E-state index is 11.9. The molecule has 2 aliphatic carbocycles. The second-order valence-corrected chi connectivity index (χ2v) is 5.49. The average molecular weight is 238 g/mol. The second kappa shape index (κ2) is 4.24. The lowest BCUT2D eigenvalue weighted by Gasteiger charge is -2.39. The molecule has 0 unspecified atom stereocenters. The molecule has 0 saturated heterocycles. The minimum absolute atomic E-state index is 0.0250. The normalized spacial score (nSPS) is 37.0. The fraction of sp³-hybridized carbons (Fsp3) is 0.769. The van der Waals surface area contributed by atoms with E-state index in [-0.39, 0.29) is 35.2 Å². The molecule has 17 heavy (non-hydrogen) atoms. The lowest BCUT2D eigenvalue weighted by molar-refractivity contribution is -0.139. The van der Waals surface area contributed by atoms with Crippen LogP contribution in [0, 0.1) is 17.3 Å². The molecule has 2 aliphatic rings. The molecular weight excluding hydrogens is 220 g/mol. The molecule has 94 valence electrons. The van der Waals surface area contributed by atoms with Gasteiger partial charge in [0.15, 0.2) is 0 Å². The van der Waals surface area contributed by atoms with Crippen LogP contribution in [0.2, 0.25) is 0 Å². The molecule has 0 aromatic carbocycles. The summed E-state index contributed by atoms with van der Waals surface area (Å²) in [5.74, 6) is -0.583. The Bertz CT molecular complexity index is 374. The molecule has 2 fully saturated rings. The summed E-state index contributed by atoms with van der Waals surface area (Å²) in [6.45, 7) is 1.95. The molecule has 0 aliphatic heterocycles. The summed E-state index contributed by atoms with van der Waals surface area (Å²) in [4.78, 5) is 34.4. The van der Waals surface area contributed by atoms with Gasteiger partial charge >= 0.3 is 5.97 Å². The Morgan fingerprint density at radius 3 is 2.76 bits per heavy atom. The standard InChI is InChI=1S/C13H18O4/c1-13-7-6-10(14)8(2-5-12(16)17)9(13)3-4-11(13)15/h8-9H,2-7H2,1H3,(H,16,17)/t8-,9+,13+/m1/s1. The highest BCUT2D eigenvalue weighted by Gasteiger charge is 2.53. The predicted octanol–water partition coefficient (Wildman–Crippen LogP) is 1.82. The molecule has 0 spiro atoms. The van der Waals surface area contributed by atoms with E-state index in [2.05, 4.69) is 0 Å². The van der Waals surface area contributed by atoms with E-state index in [1.54, 1.807) is 0 Å². The van der Waals surface area contributed by atoms with Crippen molar-refractivity contribution >= 4 is 17.5 Å². The van der Waals surface area contributed by atoms with Crippen molar-refractivity contribution in [2.75, 3.05) is 0 Å². The summed E-state index contributed by atoms with van der Waals surface area (Å²) in [7, 11) is 0. The topological polar surface area (TPSA) is 71.4 Å². The number of hydrogen-bond donors (Lipinski definition) is 1. The molecule has 2 saturated carbocycles. The van der Waals surface area contributed by atoms with Crippen molar-refractivity contribution in [3.8, 4) is 0 Å². The van der Waals surface area contributed by atoms with Crippen LogP contribution in [0.15, 0.2) is 0 Å². The monoisotopic (exact) mass is 238 g/mol. The quantitative estimate of drug-likeness (QED) is 0.814. The number of ketones is 2. The van der Waals surface area contributed by atoms with Gasteiger partial charge in [0.1, 0.15) is 11.6 Å². The van der Waals surface area contributed by atoms with Crippen molar-refractivity contribution in [3.63, 3.8) is 0 Å². The third-order valence-corrected chi connectivity index (χ3v) is 4.60. The van der Waals surface area contributed by atoms with Gasteiger partial charge in [-0.2, -0.15) is 0 Å². The summed E-state index contributed by atoms with van der Waals surface area (Å²) in [5, 5.41) is 8.71. The minimum atomic E-state index is -0.866. The van der Waals surface area contributed by atoms with Crippen molar-refractivity contribution in [1.82, 2.24) is 0 Å². The number of carboxylic acids is 1. The van der Waals surface area contributed by atoms with Crippen LogP contribution in [0.5, 0.6) is 0 Å². The third kappa shape index (κ3) is 2.01. The number of Topliss-reactive ketones (excluding diaryl/α,β-unsaturated/α-hetero) is 2. The van der Waals surface area contributed by atoms with Crippen LogP contribution < -0.4 is 0 Å². The Morgan fingerprint density at radius 1 is 1.41 bits per heavy atom. The zero-order chi connectivity index (χ0) is 12.6. The van der Waals surface area contributed by atoms with Crippen molar-refractivity contribution in [1.29, 1.82) is 0 Å². The van der Waals surface area contributed by atoms with Crippen molar-refractivity contribution < 1.29 is 19.5 Å². The first-order chi connectivity index (χ1) is 7.95. The Morgan fingerprint density at radius 2 is 2.12 bits per heavy atom. The van der Waals surface area contributed by atoms with Gasteiger partial charge in [-0.05, 0) is 25.2 Å². The van der Waals surface area contributed by atoms with Gasteiger partial charge in [-0.3, -0.25) is 14.4 Å². The number of carboxylic acid groups (broad SMARTS) is 1. The molecule has 2 rings (SSSR count). The molecule has 1 N–H and O–H groups in total. The maximum Gasteiger partial charge on any atom is 0.303 e. The van der Waals surface area contributed by atoms with Gasteiger partial charge in [0, 0.05) is 30.6 Å². The number of fused-ring (bicyclic) bond motifs is 1. The summed E-state index contributed by atoms with van der Waals surface area (Å²) in [6, 6.07) is 0. The van der Waals surface area contributed by atoms with Crippen LogP contribution in [-0.4, -0.2) is 22.6 Å². The zero-order valence-electron chi connectivity index (χ0n) is 10.1. The van der Waals surface area contributed by atoms with E-state index in [1.165, 1.54) is 0 Å². The molecule has 4 heteroatoms. The smallest absolute Gasteiger partial charge is 0.303 e. The van der Waals surface area contributed by atoms with Crippen LogP contribution in [0.4, 0.5) is 0 Å². The minimum Gasteiger partial charge on any atom is -0.481 e. The molecule has 0 heterocycles. The lowest BCUT2D eigenvalue weighted by Crippen LogP contribution is -2.42.